The fourth-order valence-corrected chi connectivity index (χ4v) is 2.44. The highest BCUT2D eigenvalue weighted by Crippen LogP contribution is 2.16. The summed E-state index contributed by atoms with van der Waals surface area (Å²) in [4.78, 5) is 0. The van der Waals surface area contributed by atoms with Gasteiger partial charge in [-0.2, -0.15) is 0 Å². The van der Waals surface area contributed by atoms with Crippen LogP contribution in [-0.2, 0) is 19.3 Å². The SMILES string of the molecule is CCCCCCCc1ccc(CC)c(CC)c1. The average Bonchev–Trinajstić information content (AvgIpc) is 2.38. The van der Waals surface area contributed by atoms with Gasteiger partial charge >= 0.3 is 0 Å². The van der Waals surface area contributed by atoms with Gasteiger partial charge in [0.2, 0.25) is 0 Å². The van der Waals surface area contributed by atoms with Crippen molar-refractivity contribution in [1.82, 2.24) is 0 Å². The van der Waals surface area contributed by atoms with E-state index in [1.807, 2.05) is 0 Å². The van der Waals surface area contributed by atoms with E-state index in [2.05, 4.69) is 39.0 Å². The van der Waals surface area contributed by atoms with Crippen molar-refractivity contribution < 1.29 is 0 Å². The Labute approximate surface area is 107 Å². The van der Waals surface area contributed by atoms with Crippen molar-refractivity contribution in [2.45, 2.75) is 72.1 Å². The molecule has 0 bridgehead atoms. The smallest absolute Gasteiger partial charge is 0.0279 e. The summed E-state index contributed by atoms with van der Waals surface area (Å²) in [6.45, 7) is 6.79. The summed E-state index contributed by atoms with van der Waals surface area (Å²) < 4.78 is 0. The predicted octanol–water partition coefficient (Wildman–Crippen LogP) is 5.32. The first-order chi connectivity index (χ1) is 8.31. The molecule has 0 amide bonds. The Morgan fingerprint density at radius 2 is 1.47 bits per heavy atom. The number of rotatable bonds is 8. The molecule has 0 N–H and O–H groups in total. The molecule has 0 fully saturated rings. The zero-order chi connectivity index (χ0) is 12.5. The van der Waals surface area contributed by atoms with Gasteiger partial charge in [0.05, 0.1) is 0 Å². The number of unbranched alkanes of at least 4 members (excludes halogenated alkanes) is 4. The fourth-order valence-electron chi connectivity index (χ4n) is 2.44. The van der Waals surface area contributed by atoms with Crippen molar-refractivity contribution >= 4 is 0 Å². The van der Waals surface area contributed by atoms with Crippen molar-refractivity contribution in [3.05, 3.63) is 34.9 Å². The molecule has 1 aromatic carbocycles. The van der Waals surface area contributed by atoms with E-state index in [4.69, 9.17) is 0 Å². The molecule has 0 aliphatic rings. The molecule has 0 saturated carbocycles. The maximum atomic E-state index is 2.43. The average molecular weight is 232 g/mol. The second-order valence-corrected chi connectivity index (χ2v) is 4.97. The van der Waals surface area contributed by atoms with Gasteiger partial charge in [0.25, 0.3) is 0 Å². The summed E-state index contributed by atoms with van der Waals surface area (Å²) in [5.74, 6) is 0. The molecule has 0 aliphatic carbocycles. The van der Waals surface area contributed by atoms with Crippen LogP contribution in [0.2, 0.25) is 0 Å². The molecule has 0 atom stereocenters. The highest BCUT2D eigenvalue weighted by molar-refractivity contribution is 5.32. The van der Waals surface area contributed by atoms with E-state index >= 15 is 0 Å². The third-order valence-corrected chi connectivity index (χ3v) is 3.60. The number of hydrogen-bond donors (Lipinski definition) is 0. The first kappa shape index (κ1) is 14.3. The first-order valence-corrected chi connectivity index (χ1v) is 7.42. The van der Waals surface area contributed by atoms with E-state index in [1.165, 1.54) is 62.5 Å². The molecular formula is C17H28. The third-order valence-electron chi connectivity index (χ3n) is 3.60. The second-order valence-electron chi connectivity index (χ2n) is 4.97. The Morgan fingerprint density at radius 3 is 2.12 bits per heavy atom. The van der Waals surface area contributed by atoms with Crippen LogP contribution in [0.4, 0.5) is 0 Å². The molecule has 0 nitrogen and oxygen atoms in total. The molecule has 0 heteroatoms. The van der Waals surface area contributed by atoms with Gasteiger partial charge in [-0.25, -0.2) is 0 Å². The minimum atomic E-state index is 1.17. The van der Waals surface area contributed by atoms with Crippen molar-refractivity contribution in [3.63, 3.8) is 0 Å². The zero-order valence-electron chi connectivity index (χ0n) is 11.9. The largest absolute Gasteiger partial charge is 0.0654 e. The van der Waals surface area contributed by atoms with Gasteiger partial charge in [0.15, 0.2) is 0 Å². The second kappa shape index (κ2) is 8.33. The normalized spacial score (nSPS) is 10.8. The van der Waals surface area contributed by atoms with E-state index in [1.54, 1.807) is 5.56 Å². The molecular weight excluding hydrogens is 204 g/mol. The maximum Gasteiger partial charge on any atom is -0.0279 e. The van der Waals surface area contributed by atoms with Crippen LogP contribution in [0.1, 0.15) is 69.6 Å². The van der Waals surface area contributed by atoms with E-state index in [9.17, 15) is 0 Å². The molecule has 0 spiro atoms. The topological polar surface area (TPSA) is 0 Å². The van der Waals surface area contributed by atoms with Crippen molar-refractivity contribution in [1.29, 1.82) is 0 Å². The molecule has 0 saturated heterocycles. The first-order valence-electron chi connectivity index (χ1n) is 7.42. The highest BCUT2D eigenvalue weighted by atomic mass is 14.1. The summed E-state index contributed by atoms with van der Waals surface area (Å²) in [5.41, 5.74) is 4.62. The molecule has 1 aromatic rings. The molecule has 0 aliphatic heterocycles. The summed E-state index contributed by atoms with van der Waals surface area (Å²) in [5, 5.41) is 0. The van der Waals surface area contributed by atoms with Gasteiger partial charge < -0.3 is 0 Å². The molecule has 0 unspecified atom stereocenters. The van der Waals surface area contributed by atoms with Gasteiger partial charge in [0.1, 0.15) is 0 Å². The van der Waals surface area contributed by atoms with Gasteiger partial charge in [-0.15, -0.1) is 0 Å². The van der Waals surface area contributed by atoms with Gasteiger partial charge in [-0.05, 0) is 42.4 Å². The Balaban J connectivity index is 2.43. The van der Waals surface area contributed by atoms with Crippen LogP contribution >= 0.6 is 0 Å². The minimum absolute atomic E-state index is 1.17. The van der Waals surface area contributed by atoms with E-state index in [0.717, 1.165) is 0 Å². The van der Waals surface area contributed by atoms with Crippen LogP contribution in [-0.4, -0.2) is 0 Å². The van der Waals surface area contributed by atoms with Crippen LogP contribution < -0.4 is 0 Å². The van der Waals surface area contributed by atoms with Gasteiger partial charge in [-0.3, -0.25) is 0 Å². The lowest BCUT2D eigenvalue weighted by molar-refractivity contribution is 0.632. The quantitative estimate of drug-likeness (QED) is 0.532. The molecule has 0 aromatic heterocycles. The van der Waals surface area contributed by atoms with Crippen molar-refractivity contribution in [2.75, 3.05) is 0 Å². The van der Waals surface area contributed by atoms with Crippen LogP contribution in [0.3, 0.4) is 0 Å². The van der Waals surface area contributed by atoms with E-state index in [-0.39, 0.29) is 0 Å². The zero-order valence-corrected chi connectivity index (χ0v) is 11.9. The lowest BCUT2D eigenvalue weighted by Gasteiger charge is -2.09. The number of hydrogen-bond acceptors (Lipinski definition) is 0. The molecule has 0 heterocycles. The molecule has 1 rings (SSSR count). The lowest BCUT2D eigenvalue weighted by atomic mass is 9.97. The Morgan fingerprint density at radius 1 is 0.765 bits per heavy atom. The van der Waals surface area contributed by atoms with Crippen molar-refractivity contribution in [2.24, 2.45) is 0 Å². The van der Waals surface area contributed by atoms with E-state index in [0.29, 0.717) is 0 Å². The van der Waals surface area contributed by atoms with Crippen molar-refractivity contribution in [3.8, 4) is 0 Å². The highest BCUT2D eigenvalue weighted by Gasteiger charge is 2.01. The number of benzene rings is 1. The molecule has 17 heavy (non-hydrogen) atoms. The van der Waals surface area contributed by atoms with Crippen LogP contribution in [0.15, 0.2) is 18.2 Å². The summed E-state index contributed by atoms with van der Waals surface area (Å²) in [6.07, 6.45) is 10.5. The maximum absolute atomic E-state index is 2.43. The standard InChI is InChI=1S/C17H28/c1-4-7-8-9-10-11-15-12-13-16(5-2)17(6-3)14-15/h12-14H,4-11H2,1-3H3. The molecule has 0 radical (unpaired) electrons. The summed E-state index contributed by atoms with van der Waals surface area (Å²) >= 11 is 0. The lowest BCUT2D eigenvalue weighted by Crippen LogP contribution is -1.94. The minimum Gasteiger partial charge on any atom is -0.0654 e. The van der Waals surface area contributed by atoms with E-state index < -0.39 is 0 Å². The number of aryl methyl sites for hydroxylation is 3. The van der Waals surface area contributed by atoms with Crippen LogP contribution in [0, 0.1) is 0 Å². The Kier molecular flexibility index (Phi) is 7.00. The van der Waals surface area contributed by atoms with Gasteiger partial charge in [-0.1, -0.05) is 64.7 Å². The third kappa shape index (κ3) is 4.93. The fraction of sp³-hybridized carbons (Fsp3) is 0.647. The monoisotopic (exact) mass is 232 g/mol. The van der Waals surface area contributed by atoms with Crippen LogP contribution in [0.25, 0.3) is 0 Å². The molecule has 96 valence electrons. The summed E-state index contributed by atoms with van der Waals surface area (Å²) in [6, 6.07) is 7.09. The summed E-state index contributed by atoms with van der Waals surface area (Å²) in [7, 11) is 0. The Hall–Kier alpha value is -0.780. The Bertz CT molecular complexity index is 312. The van der Waals surface area contributed by atoms with Gasteiger partial charge in [0, 0.05) is 0 Å². The van der Waals surface area contributed by atoms with Crippen LogP contribution in [0.5, 0.6) is 0 Å². The predicted molar refractivity (Wildman–Crippen MR) is 77.7 cm³/mol.